The molecule has 2 aromatic carbocycles. The molecule has 2 aromatic rings. The molecule has 0 fully saturated rings. The third kappa shape index (κ3) is 3.96. The van der Waals surface area contributed by atoms with E-state index in [1.165, 1.54) is 6.07 Å². The van der Waals surface area contributed by atoms with Gasteiger partial charge in [-0.15, -0.1) is 0 Å². The minimum absolute atomic E-state index is 0.121. The summed E-state index contributed by atoms with van der Waals surface area (Å²) in [6, 6.07) is 13.3. The highest BCUT2D eigenvalue weighted by atomic mass is 32.2. The van der Waals surface area contributed by atoms with Gasteiger partial charge in [0.25, 0.3) is 0 Å². The first-order chi connectivity index (χ1) is 10.0. The molecule has 0 saturated heterocycles. The number of ether oxygens (including phenoxy) is 1. The zero-order valence-electron chi connectivity index (χ0n) is 11.7. The first-order valence-corrected chi connectivity index (χ1v) is 8.13. The Balaban J connectivity index is 2.30. The van der Waals surface area contributed by atoms with Crippen LogP contribution in [0.5, 0.6) is 11.5 Å². The van der Waals surface area contributed by atoms with Crippen LogP contribution in [0.15, 0.2) is 53.4 Å². The van der Waals surface area contributed by atoms with E-state index < -0.39 is 10.0 Å². The molecular formula is C15H18N2O3S. The monoisotopic (exact) mass is 306 g/mol. The third-order valence-corrected chi connectivity index (χ3v) is 4.29. The van der Waals surface area contributed by atoms with Crippen molar-refractivity contribution < 1.29 is 13.2 Å². The Labute approximate surface area is 124 Å². The molecule has 0 spiro atoms. The summed E-state index contributed by atoms with van der Waals surface area (Å²) < 4.78 is 32.7. The van der Waals surface area contributed by atoms with E-state index in [1.807, 2.05) is 6.92 Å². The second kappa shape index (κ2) is 6.60. The molecule has 112 valence electrons. The van der Waals surface area contributed by atoms with Crippen LogP contribution in [-0.2, 0) is 10.0 Å². The lowest BCUT2D eigenvalue weighted by Gasteiger charge is -2.12. The van der Waals surface area contributed by atoms with Gasteiger partial charge in [0.2, 0.25) is 10.0 Å². The largest absolute Gasteiger partial charge is 0.456 e. The van der Waals surface area contributed by atoms with Crippen LogP contribution in [-0.4, -0.2) is 15.0 Å². The van der Waals surface area contributed by atoms with Crippen LogP contribution in [0.1, 0.15) is 13.3 Å². The van der Waals surface area contributed by atoms with Crippen LogP contribution < -0.4 is 15.2 Å². The maximum Gasteiger partial charge on any atom is 0.244 e. The van der Waals surface area contributed by atoms with Gasteiger partial charge in [-0.3, -0.25) is 0 Å². The van der Waals surface area contributed by atoms with Crippen molar-refractivity contribution in [1.82, 2.24) is 4.72 Å². The van der Waals surface area contributed by atoms with Crippen molar-refractivity contribution in [2.24, 2.45) is 0 Å². The Kier molecular flexibility index (Phi) is 4.82. The van der Waals surface area contributed by atoms with Gasteiger partial charge in [-0.2, -0.15) is 0 Å². The predicted octanol–water partition coefficient (Wildman–Crippen LogP) is 2.75. The van der Waals surface area contributed by atoms with E-state index in [2.05, 4.69) is 4.72 Å². The van der Waals surface area contributed by atoms with Crippen molar-refractivity contribution >= 4 is 15.7 Å². The van der Waals surface area contributed by atoms with E-state index in [0.717, 1.165) is 6.42 Å². The first kappa shape index (κ1) is 15.3. The van der Waals surface area contributed by atoms with E-state index in [4.69, 9.17) is 10.5 Å². The summed E-state index contributed by atoms with van der Waals surface area (Å²) in [4.78, 5) is 0.121. The van der Waals surface area contributed by atoms with Crippen LogP contribution in [0.2, 0.25) is 0 Å². The third-order valence-electron chi connectivity index (χ3n) is 2.79. The standard InChI is InChI=1S/C15H18N2O3S/c1-2-11-17-21(18,19)15-6-4-3-5-14(15)20-13-9-7-12(16)8-10-13/h3-10,17H,2,11,16H2,1H3. The van der Waals surface area contributed by atoms with Crippen molar-refractivity contribution in [1.29, 1.82) is 0 Å². The Bertz CT molecular complexity index is 697. The maximum absolute atomic E-state index is 12.2. The van der Waals surface area contributed by atoms with Gasteiger partial charge in [0, 0.05) is 12.2 Å². The molecular weight excluding hydrogens is 288 g/mol. The fourth-order valence-electron chi connectivity index (χ4n) is 1.73. The summed E-state index contributed by atoms with van der Waals surface area (Å²) >= 11 is 0. The number of sulfonamides is 1. The van der Waals surface area contributed by atoms with Gasteiger partial charge in [-0.05, 0) is 42.8 Å². The highest BCUT2D eigenvalue weighted by molar-refractivity contribution is 7.89. The van der Waals surface area contributed by atoms with Gasteiger partial charge in [0.1, 0.15) is 16.4 Å². The molecule has 6 heteroatoms. The quantitative estimate of drug-likeness (QED) is 0.804. The zero-order valence-corrected chi connectivity index (χ0v) is 12.6. The number of hydrogen-bond acceptors (Lipinski definition) is 4. The van der Waals surface area contributed by atoms with Crippen LogP contribution in [0, 0.1) is 0 Å². The van der Waals surface area contributed by atoms with Crippen LogP contribution >= 0.6 is 0 Å². The molecule has 5 nitrogen and oxygen atoms in total. The highest BCUT2D eigenvalue weighted by Crippen LogP contribution is 2.28. The molecule has 0 amide bonds. The average molecular weight is 306 g/mol. The van der Waals surface area contributed by atoms with E-state index in [9.17, 15) is 8.42 Å². The topological polar surface area (TPSA) is 81.4 Å². The zero-order chi connectivity index (χ0) is 15.3. The Morgan fingerprint density at radius 1 is 1.10 bits per heavy atom. The second-order valence-corrected chi connectivity index (χ2v) is 6.25. The molecule has 0 aromatic heterocycles. The summed E-state index contributed by atoms with van der Waals surface area (Å²) in [7, 11) is -3.58. The molecule has 0 aliphatic rings. The summed E-state index contributed by atoms with van der Waals surface area (Å²) in [6.45, 7) is 2.29. The van der Waals surface area contributed by atoms with Crippen molar-refractivity contribution in [3.05, 3.63) is 48.5 Å². The number of nitrogens with one attached hydrogen (secondary N) is 1. The fraction of sp³-hybridized carbons (Fsp3) is 0.200. The number of nitrogens with two attached hydrogens (primary N) is 1. The highest BCUT2D eigenvalue weighted by Gasteiger charge is 2.18. The molecule has 0 atom stereocenters. The number of rotatable bonds is 6. The van der Waals surface area contributed by atoms with Crippen LogP contribution in [0.4, 0.5) is 5.69 Å². The van der Waals surface area contributed by atoms with E-state index in [1.54, 1.807) is 42.5 Å². The molecule has 0 radical (unpaired) electrons. The van der Waals surface area contributed by atoms with Crippen molar-refractivity contribution in [3.8, 4) is 11.5 Å². The van der Waals surface area contributed by atoms with Crippen LogP contribution in [0.3, 0.4) is 0 Å². The number of hydrogen-bond donors (Lipinski definition) is 2. The molecule has 0 bridgehead atoms. The lowest BCUT2D eigenvalue weighted by Crippen LogP contribution is -2.24. The van der Waals surface area contributed by atoms with Crippen molar-refractivity contribution in [2.75, 3.05) is 12.3 Å². The van der Waals surface area contributed by atoms with Gasteiger partial charge in [-0.25, -0.2) is 13.1 Å². The Hall–Kier alpha value is -2.05. The van der Waals surface area contributed by atoms with Crippen molar-refractivity contribution in [3.63, 3.8) is 0 Å². The number of anilines is 1. The molecule has 0 aliphatic carbocycles. The number of nitrogen functional groups attached to an aromatic ring is 1. The normalized spacial score (nSPS) is 11.3. The fourth-order valence-corrected chi connectivity index (χ4v) is 2.99. The molecule has 2 rings (SSSR count). The van der Waals surface area contributed by atoms with Gasteiger partial charge in [0.15, 0.2) is 0 Å². The van der Waals surface area contributed by atoms with E-state index in [0.29, 0.717) is 18.0 Å². The molecule has 0 aliphatic heterocycles. The Morgan fingerprint density at radius 2 is 1.76 bits per heavy atom. The smallest absolute Gasteiger partial charge is 0.244 e. The molecule has 3 N–H and O–H groups in total. The molecule has 0 heterocycles. The summed E-state index contributed by atoms with van der Waals surface area (Å²) in [5.41, 5.74) is 6.23. The Morgan fingerprint density at radius 3 is 2.43 bits per heavy atom. The molecule has 21 heavy (non-hydrogen) atoms. The number of para-hydroxylation sites is 1. The number of benzene rings is 2. The van der Waals surface area contributed by atoms with E-state index in [-0.39, 0.29) is 10.6 Å². The SMILES string of the molecule is CCCNS(=O)(=O)c1ccccc1Oc1ccc(N)cc1. The molecule has 0 unspecified atom stereocenters. The average Bonchev–Trinajstić information content (AvgIpc) is 2.48. The van der Waals surface area contributed by atoms with Gasteiger partial charge in [-0.1, -0.05) is 19.1 Å². The first-order valence-electron chi connectivity index (χ1n) is 6.65. The predicted molar refractivity (Wildman–Crippen MR) is 82.8 cm³/mol. The van der Waals surface area contributed by atoms with Crippen LogP contribution in [0.25, 0.3) is 0 Å². The van der Waals surface area contributed by atoms with E-state index >= 15 is 0 Å². The second-order valence-electron chi connectivity index (χ2n) is 4.52. The molecule has 0 saturated carbocycles. The maximum atomic E-state index is 12.2. The minimum atomic E-state index is -3.58. The van der Waals surface area contributed by atoms with Gasteiger partial charge < -0.3 is 10.5 Å². The van der Waals surface area contributed by atoms with Gasteiger partial charge in [0.05, 0.1) is 0 Å². The summed E-state index contributed by atoms with van der Waals surface area (Å²) in [5, 5.41) is 0. The van der Waals surface area contributed by atoms with Crippen molar-refractivity contribution in [2.45, 2.75) is 18.2 Å². The lowest BCUT2D eigenvalue weighted by molar-refractivity contribution is 0.466. The summed E-state index contributed by atoms with van der Waals surface area (Å²) in [6.07, 6.45) is 0.722. The van der Waals surface area contributed by atoms with Gasteiger partial charge >= 0.3 is 0 Å². The lowest BCUT2D eigenvalue weighted by atomic mass is 10.3. The minimum Gasteiger partial charge on any atom is -0.456 e. The summed E-state index contributed by atoms with van der Waals surface area (Å²) in [5.74, 6) is 0.813.